The van der Waals surface area contributed by atoms with E-state index in [0.717, 1.165) is 23.3 Å². The summed E-state index contributed by atoms with van der Waals surface area (Å²) in [7, 11) is 0. The molecule has 0 unspecified atom stereocenters. The van der Waals surface area contributed by atoms with Gasteiger partial charge >= 0.3 is 0 Å². The van der Waals surface area contributed by atoms with Crippen LogP contribution in [0.5, 0.6) is 0 Å². The van der Waals surface area contributed by atoms with Gasteiger partial charge in [0, 0.05) is 17.8 Å². The highest BCUT2D eigenvalue weighted by atomic mass is 35.5. The molecular formula is C23H19ClN4O6. The van der Waals surface area contributed by atoms with Crippen LogP contribution in [0.3, 0.4) is 0 Å². The van der Waals surface area contributed by atoms with Gasteiger partial charge in [0.25, 0.3) is 23.2 Å². The Balaban J connectivity index is 1.97. The summed E-state index contributed by atoms with van der Waals surface area (Å²) in [4.78, 5) is 46.8. The highest BCUT2D eigenvalue weighted by Crippen LogP contribution is 2.35. The molecule has 3 rings (SSSR count). The van der Waals surface area contributed by atoms with E-state index in [0.29, 0.717) is 11.3 Å². The second-order valence-electron chi connectivity index (χ2n) is 7.53. The molecule has 2 amide bonds. The van der Waals surface area contributed by atoms with Gasteiger partial charge in [0.15, 0.2) is 5.02 Å². The van der Waals surface area contributed by atoms with E-state index in [9.17, 15) is 29.8 Å². The van der Waals surface area contributed by atoms with Crippen molar-refractivity contribution in [2.45, 2.75) is 19.9 Å². The van der Waals surface area contributed by atoms with E-state index in [1.54, 1.807) is 42.5 Å². The minimum atomic E-state index is -1.19. The Morgan fingerprint density at radius 2 is 1.41 bits per heavy atom. The van der Waals surface area contributed by atoms with Gasteiger partial charge in [-0.15, -0.1) is 0 Å². The molecule has 0 fully saturated rings. The van der Waals surface area contributed by atoms with E-state index < -0.39 is 44.1 Å². The summed E-state index contributed by atoms with van der Waals surface area (Å²) in [5, 5.41) is 27.1. The fraction of sp³-hybridized carbons (Fsp3) is 0.130. The Morgan fingerprint density at radius 1 is 0.882 bits per heavy atom. The quantitative estimate of drug-likeness (QED) is 0.362. The van der Waals surface area contributed by atoms with Crippen molar-refractivity contribution < 1.29 is 19.4 Å². The summed E-state index contributed by atoms with van der Waals surface area (Å²) >= 11 is 5.76. The number of hydrogen-bond donors (Lipinski definition) is 2. The van der Waals surface area contributed by atoms with Gasteiger partial charge in [-0.25, -0.2) is 0 Å². The third-order valence-corrected chi connectivity index (χ3v) is 5.24. The van der Waals surface area contributed by atoms with Crippen LogP contribution >= 0.6 is 11.6 Å². The molecule has 0 saturated heterocycles. The van der Waals surface area contributed by atoms with Gasteiger partial charge in [-0.05, 0) is 42.7 Å². The van der Waals surface area contributed by atoms with Crippen molar-refractivity contribution in [3.63, 3.8) is 0 Å². The number of benzene rings is 3. The first-order chi connectivity index (χ1) is 16.1. The second-order valence-corrected chi connectivity index (χ2v) is 7.90. The summed E-state index contributed by atoms with van der Waals surface area (Å²) in [5.74, 6) is -1.49. The summed E-state index contributed by atoms with van der Waals surface area (Å²) in [5.41, 5.74) is 0.843. The second kappa shape index (κ2) is 10.1. The van der Waals surface area contributed by atoms with Crippen molar-refractivity contribution >= 4 is 40.5 Å². The number of carbonyl (C=O) groups is 2. The van der Waals surface area contributed by atoms with Crippen LogP contribution in [0.4, 0.5) is 17.1 Å². The molecule has 10 nitrogen and oxygen atoms in total. The van der Waals surface area contributed by atoms with E-state index >= 15 is 0 Å². The number of anilines is 1. The van der Waals surface area contributed by atoms with E-state index in [-0.39, 0.29) is 5.56 Å². The van der Waals surface area contributed by atoms with Gasteiger partial charge in [0.05, 0.1) is 15.4 Å². The van der Waals surface area contributed by atoms with Crippen molar-refractivity contribution in [2.75, 3.05) is 5.32 Å². The molecule has 0 bridgehead atoms. The number of rotatable bonds is 7. The summed E-state index contributed by atoms with van der Waals surface area (Å²) in [6.07, 6.45) is 0. The number of nitro benzene ring substituents is 2. The number of carbonyl (C=O) groups excluding carboxylic acids is 2. The smallest absolute Gasteiger partial charge is 0.295 e. The Hall–Kier alpha value is -4.31. The molecule has 34 heavy (non-hydrogen) atoms. The lowest BCUT2D eigenvalue weighted by molar-refractivity contribution is -0.393. The number of nitrogens with zero attached hydrogens (tertiary/aromatic N) is 2. The van der Waals surface area contributed by atoms with Gasteiger partial charge in [0.2, 0.25) is 0 Å². The van der Waals surface area contributed by atoms with E-state index in [4.69, 9.17) is 11.6 Å². The van der Waals surface area contributed by atoms with Crippen molar-refractivity contribution in [3.8, 4) is 0 Å². The summed E-state index contributed by atoms with van der Waals surface area (Å²) < 4.78 is 0. The maximum atomic E-state index is 13.1. The predicted octanol–water partition coefficient (Wildman–Crippen LogP) is 4.88. The molecule has 0 saturated carbocycles. The first kappa shape index (κ1) is 24.3. The summed E-state index contributed by atoms with van der Waals surface area (Å²) in [6.45, 7) is 3.75. The molecule has 0 aliphatic rings. The topological polar surface area (TPSA) is 144 Å². The minimum Gasteiger partial charge on any atom is -0.336 e. The summed E-state index contributed by atoms with van der Waals surface area (Å²) in [6, 6.07) is 14.3. The number of hydrogen-bond acceptors (Lipinski definition) is 6. The number of aryl methyl sites for hydroxylation is 2. The zero-order valence-electron chi connectivity index (χ0n) is 18.1. The highest BCUT2D eigenvalue weighted by Gasteiger charge is 2.29. The molecule has 3 aromatic carbocycles. The van der Waals surface area contributed by atoms with E-state index in [1.807, 2.05) is 19.9 Å². The molecule has 1 atom stereocenters. The molecule has 3 aromatic rings. The zero-order chi connectivity index (χ0) is 25.0. The van der Waals surface area contributed by atoms with Gasteiger partial charge in [-0.3, -0.25) is 29.8 Å². The largest absolute Gasteiger partial charge is 0.336 e. The van der Waals surface area contributed by atoms with Crippen molar-refractivity contribution in [1.29, 1.82) is 0 Å². The Labute approximate surface area is 198 Å². The molecule has 0 aromatic heterocycles. The van der Waals surface area contributed by atoms with Crippen molar-refractivity contribution in [1.82, 2.24) is 5.32 Å². The third kappa shape index (κ3) is 5.54. The molecule has 0 aliphatic heterocycles. The number of amides is 2. The van der Waals surface area contributed by atoms with Crippen LogP contribution in [-0.4, -0.2) is 21.7 Å². The fourth-order valence-electron chi connectivity index (χ4n) is 3.41. The zero-order valence-corrected chi connectivity index (χ0v) is 18.8. The van der Waals surface area contributed by atoms with Crippen LogP contribution in [0.1, 0.15) is 33.1 Å². The maximum Gasteiger partial charge on any atom is 0.295 e. The lowest BCUT2D eigenvalue weighted by Gasteiger charge is -2.19. The normalized spacial score (nSPS) is 11.4. The standard InChI is InChI=1S/C23H19ClN4O6/c1-13-8-14(2)10-17(9-13)25-23(30)21(15-6-4-3-5-7-15)26-22(29)16-11-18(27(31)32)20(24)19(12-16)28(33)34/h3-12,21H,1-2H3,(H,25,30)(H,26,29)/t21-/m0/s1. The highest BCUT2D eigenvalue weighted by molar-refractivity contribution is 6.35. The predicted molar refractivity (Wildman–Crippen MR) is 126 cm³/mol. The Bertz CT molecular complexity index is 1240. The third-order valence-electron chi connectivity index (χ3n) is 4.85. The maximum absolute atomic E-state index is 13.1. The minimum absolute atomic E-state index is 0.386. The van der Waals surface area contributed by atoms with Crippen LogP contribution in [0.25, 0.3) is 0 Å². The molecule has 174 valence electrons. The fourth-order valence-corrected chi connectivity index (χ4v) is 3.66. The molecule has 0 heterocycles. The first-order valence-corrected chi connectivity index (χ1v) is 10.3. The average Bonchev–Trinajstić information content (AvgIpc) is 2.76. The molecular weight excluding hydrogens is 464 g/mol. The number of nitro groups is 2. The van der Waals surface area contributed by atoms with Crippen LogP contribution in [-0.2, 0) is 4.79 Å². The number of halogens is 1. The monoisotopic (exact) mass is 482 g/mol. The van der Waals surface area contributed by atoms with Crippen LogP contribution < -0.4 is 10.6 Å². The van der Waals surface area contributed by atoms with Gasteiger partial charge in [-0.2, -0.15) is 0 Å². The van der Waals surface area contributed by atoms with Crippen LogP contribution in [0, 0.1) is 34.1 Å². The molecule has 0 aliphatic carbocycles. The van der Waals surface area contributed by atoms with E-state index in [2.05, 4.69) is 10.6 Å². The van der Waals surface area contributed by atoms with Gasteiger partial charge in [0.1, 0.15) is 6.04 Å². The molecule has 0 radical (unpaired) electrons. The average molecular weight is 483 g/mol. The lowest BCUT2D eigenvalue weighted by Crippen LogP contribution is -2.37. The van der Waals surface area contributed by atoms with Crippen LogP contribution in [0.2, 0.25) is 5.02 Å². The number of nitrogens with one attached hydrogen (secondary N) is 2. The Kier molecular flexibility index (Phi) is 7.22. The van der Waals surface area contributed by atoms with Gasteiger partial charge < -0.3 is 10.6 Å². The van der Waals surface area contributed by atoms with Crippen molar-refractivity contribution in [2.24, 2.45) is 0 Å². The van der Waals surface area contributed by atoms with Crippen LogP contribution in [0.15, 0.2) is 60.7 Å². The van der Waals surface area contributed by atoms with Gasteiger partial charge in [-0.1, -0.05) is 48.0 Å². The molecule has 11 heteroatoms. The van der Waals surface area contributed by atoms with Crippen molar-refractivity contribution in [3.05, 3.63) is 108 Å². The first-order valence-electron chi connectivity index (χ1n) is 9.94. The van der Waals surface area contributed by atoms with E-state index in [1.165, 1.54) is 0 Å². The Morgan fingerprint density at radius 3 is 1.91 bits per heavy atom. The molecule has 0 spiro atoms. The SMILES string of the molecule is Cc1cc(C)cc(NC(=O)[C@@H](NC(=O)c2cc([N+](=O)[O-])c(Cl)c([N+](=O)[O-])c2)c2ccccc2)c1. The molecule has 2 N–H and O–H groups in total. The lowest BCUT2D eigenvalue weighted by atomic mass is 10.0.